The van der Waals surface area contributed by atoms with Crippen molar-refractivity contribution in [2.75, 3.05) is 11.9 Å². The van der Waals surface area contributed by atoms with Gasteiger partial charge in [0, 0.05) is 18.8 Å². The summed E-state index contributed by atoms with van der Waals surface area (Å²) in [6.45, 7) is 14.0. The Bertz CT molecular complexity index is 896. The molecule has 2 aromatic carbocycles. The van der Waals surface area contributed by atoms with Gasteiger partial charge in [-0.15, -0.1) is 0 Å². The largest absolute Gasteiger partial charge is 0.507 e. The summed E-state index contributed by atoms with van der Waals surface area (Å²) in [6, 6.07) is 10.1. The average Bonchev–Trinajstić information content (AvgIpc) is 2.62. The number of aryl methyl sites for hydroxylation is 1. The van der Waals surface area contributed by atoms with Crippen molar-refractivity contribution >= 4 is 11.6 Å². The molecule has 0 spiro atoms. The first-order chi connectivity index (χ1) is 13.1. The standard InChI is InChI=1S/C24H32N2O2/c1-15-11-20(16(2)17(3)22(15)27)25-23(28)21-12-18-9-7-8-10-19(18)13-26(21)14-24(4,5)6/h7-11,21,27H,12-14H2,1-6H3,(H,25,28)/t21-/m0/s1. The quantitative estimate of drug-likeness (QED) is 0.757. The van der Waals surface area contributed by atoms with Crippen LogP contribution < -0.4 is 5.32 Å². The molecule has 1 amide bonds. The number of rotatable bonds is 3. The van der Waals surface area contributed by atoms with Gasteiger partial charge in [-0.25, -0.2) is 0 Å². The summed E-state index contributed by atoms with van der Waals surface area (Å²) in [7, 11) is 0. The van der Waals surface area contributed by atoms with Gasteiger partial charge >= 0.3 is 0 Å². The number of benzene rings is 2. The molecule has 4 nitrogen and oxygen atoms in total. The Morgan fingerprint density at radius 1 is 1.14 bits per heavy atom. The van der Waals surface area contributed by atoms with Crippen molar-refractivity contribution in [1.82, 2.24) is 4.90 Å². The molecule has 0 bridgehead atoms. The van der Waals surface area contributed by atoms with Crippen LogP contribution in [0.25, 0.3) is 0 Å². The molecule has 0 fully saturated rings. The summed E-state index contributed by atoms with van der Waals surface area (Å²) in [5.41, 5.74) is 5.95. The Hall–Kier alpha value is -2.33. The summed E-state index contributed by atoms with van der Waals surface area (Å²) < 4.78 is 0. The van der Waals surface area contributed by atoms with Gasteiger partial charge in [0.2, 0.25) is 5.91 Å². The normalized spacial score (nSPS) is 17.3. The predicted octanol–water partition coefficient (Wildman–Crippen LogP) is 4.73. The van der Waals surface area contributed by atoms with E-state index in [4.69, 9.17) is 0 Å². The lowest BCUT2D eigenvalue weighted by molar-refractivity contribution is -0.122. The maximum Gasteiger partial charge on any atom is 0.242 e. The second-order valence-electron chi connectivity index (χ2n) is 9.28. The number of fused-ring (bicyclic) bond motifs is 1. The number of phenolic OH excluding ortho intramolecular Hbond substituents is 1. The SMILES string of the molecule is Cc1cc(NC(=O)[C@@H]2Cc3ccccc3CN2CC(C)(C)C)c(C)c(C)c1O. The fourth-order valence-electron chi connectivity index (χ4n) is 4.03. The van der Waals surface area contributed by atoms with Gasteiger partial charge in [0.15, 0.2) is 0 Å². The number of aromatic hydroxyl groups is 1. The molecule has 28 heavy (non-hydrogen) atoms. The number of nitrogens with one attached hydrogen (secondary N) is 1. The highest BCUT2D eigenvalue weighted by atomic mass is 16.3. The van der Waals surface area contributed by atoms with E-state index in [-0.39, 0.29) is 17.4 Å². The van der Waals surface area contributed by atoms with Gasteiger partial charge < -0.3 is 10.4 Å². The highest BCUT2D eigenvalue weighted by molar-refractivity contribution is 5.96. The first-order valence-electron chi connectivity index (χ1n) is 9.98. The van der Waals surface area contributed by atoms with Gasteiger partial charge in [0.1, 0.15) is 5.75 Å². The lowest BCUT2D eigenvalue weighted by Gasteiger charge is -2.39. The Balaban J connectivity index is 1.90. The van der Waals surface area contributed by atoms with Crippen molar-refractivity contribution in [2.24, 2.45) is 5.41 Å². The third-order valence-electron chi connectivity index (χ3n) is 5.64. The van der Waals surface area contributed by atoms with Crippen LogP contribution in [-0.4, -0.2) is 28.5 Å². The van der Waals surface area contributed by atoms with Crippen LogP contribution in [0.1, 0.15) is 48.6 Å². The summed E-state index contributed by atoms with van der Waals surface area (Å²) >= 11 is 0. The van der Waals surface area contributed by atoms with E-state index in [0.717, 1.165) is 35.5 Å². The Morgan fingerprint density at radius 2 is 1.79 bits per heavy atom. The summed E-state index contributed by atoms with van der Waals surface area (Å²) in [5, 5.41) is 13.3. The molecule has 0 unspecified atom stereocenters. The number of nitrogens with zero attached hydrogens (tertiary/aromatic N) is 1. The Morgan fingerprint density at radius 3 is 2.43 bits per heavy atom. The van der Waals surface area contributed by atoms with Crippen molar-refractivity contribution in [1.29, 1.82) is 0 Å². The Kier molecular flexibility index (Phi) is 5.53. The summed E-state index contributed by atoms with van der Waals surface area (Å²) in [4.78, 5) is 15.6. The number of amides is 1. The molecule has 1 atom stereocenters. The molecule has 2 N–H and O–H groups in total. The number of carbonyl (C=O) groups excluding carboxylic acids is 1. The van der Waals surface area contributed by atoms with Gasteiger partial charge in [-0.05, 0) is 66.5 Å². The lowest BCUT2D eigenvalue weighted by atomic mass is 9.89. The number of carbonyl (C=O) groups is 1. The number of hydrogen-bond donors (Lipinski definition) is 2. The van der Waals surface area contributed by atoms with Crippen LogP contribution in [0.4, 0.5) is 5.69 Å². The molecule has 150 valence electrons. The van der Waals surface area contributed by atoms with E-state index in [9.17, 15) is 9.90 Å². The fourth-order valence-corrected chi connectivity index (χ4v) is 4.03. The van der Waals surface area contributed by atoms with Crippen LogP contribution in [0.3, 0.4) is 0 Å². The van der Waals surface area contributed by atoms with Crippen LogP contribution in [0.15, 0.2) is 30.3 Å². The fraction of sp³-hybridized carbons (Fsp3) is 0.458. The van der Waals surface area contributed by atoms with Gasteiger partial charge in [0.25, 0.3) is 0 Å². The van der Waals surface area contributed by atoms with Crippen molar-refractivity contribution < 1.29 is 9.90 Å². The minimum absolute atomic E-state index is 0.0198. The van der Waals surface area contributed by atoms with Gasteiger partial charge in [-0.2, -0.15) is 0 Å². The zero-order valence-corrected chi connectivity index (χ0v) is 17.9. The molecule has 0 saturated carbocycles. The first kappa shape index (κ1) is 20.4. The average molecular weight is 381 g/mol. The molecule has 0 radical (unpaired) electrons. The minimum Gasteiger partial charge on any atom is -0.507 e. The van der Waals surface area contributed by atoms with Crippen LogP contribution in [0.5, 0.6) is 5.75 Å². The molecule has 2 aromatic rings. The monoisotopic (exact) mass is 380 g/mol. The van der Waals surface area contributed by atoms with Crippen LogP contribution in [-0.2, 0) is 17.8 Å². The van der Waals surface area contributed by atoms with E-state index in [1.165, 1.54) is 11.1 Å². The zero-order valence-electron chi connectivity index (χ0n) is 17.9. The predicted molar refractivity (Wildman–Crippen MR) is 115 cm³/mol. The van der Waals surface area contributed by atoms with Crippen molar-refractivity contribution in [3.63, 3.8) is 0 Å². The van der Waals surface area contributed by atoms with Crippen LogP contribution in [0, 0.1) is 26.2 Å². The molecule has 1 aliphatic heterocycles. The van der Waals surface area contributed by atoms with Crippen LogP contribution in [0.2, 0.25) is 0 Å². The highest BCUT2D eigenvalue weighted by Gasteiger charge is 2.33. The van der Waals surface area contributed by atoms with Crippen molar-refractivity contribution in [3.05, 3.63) is 58.1 Å². The van der Waals surface area contributed by atoms with Crippen molar-refractivity contribution in [3.8, 4) is 5.75 Å². The summed E-state index contributed by atoms with van der Waals surface area (Å²) in [6.07, 6.45) is 0.715. The molecule has 0 aliphatic carbocycles. The third-order valence-corrected chi connectivity index (χ3v) is 5.64. The number of phenols is 1. The van der Waals surface area contributed by atoms with E-state index in [0.29, 0.717) is 12.2 Å². The second-order valence-corrected chi connectivity index (χ2v) is 9.28. The second kappa shape index (κ2) is 7.59. The van der Waals surface area contributed by atoms with E-state index < -0.39 is 0 Å². The van der Waals surface area contributed by atoms with E-state index in [2.05, 4.69) is 49.2 Å². The maximum absolute atomic E-state index is 13.3. The smallest absolute Gasteiger partial charge is 0.242 e. The first-order valence-corrected chi connectivity index (χ1v) is 9.98. The number of hydrogen-bond acceptors (Lipinski definition) is 3. The third kappa shape index (κ3) is 4.22. The number of anilines is 1. The molecule has 3 rings (SSSR count). The maximum atomic E-state index is 13.3. The van der Waals surface area contributed by atoms with Crippen LogP contribution >= 0.6 is 0 Å². The molecule has 0 aromatic heterocycles. The molecule has 0 saturated heterocycles. The lowest BCUT2D eigenvalue weighted by Crippen LogP contribution is -2.50. The topological polar surface area (TPSA) is 52.6 Å². The van der Waals surface area contributed by atoms with E-state index in [1.807, 2.05) is 32.9 Å². The molecule has 1 heterocycles. The minimum atomic E-state index is -0.206. The molecule has 4 heteroatoms. The Labute approximate surface area is 168 Å². The van der Waals surface area contributed by atoms with E-state index in [1.54, 1.807) is 0 Å². The van der Waals surface area contributed by atoms with Gasteiger partial charge in [-0.1, -0.05) is 45.0 Å². The van der Waals surface area contributed by atoms with Gasteiger partial charge in [0.05, 0.1) is 6.04 Å². The summed E-state index contributed by atoms with van der Waals surface area (Å²) in [5.74, 6) is 0.322. The molecular weight excluding hydrogens is 348 g/mol. The van der Waals surface area contributed by atoms with Gasteiger partial charge in [-0.3, -0.25) is 9.69 Å². The highest BCUT2D eigenvalue weighted by Crippen LogP contribution is 2.32. The van der Waals surface area contributed by atoms with E-state index >= 15 is 0 Å². The molecular formula is C24H32N2O2. The molecule has 1 aliphatic rings. The zero-order chi connectivity index (χ0) is 20.6. The van der Waals surface area contributed by atoms with Crippen molar-refractivity contribution in [2.45, 2.75) is 60.5 Å².